The number of nitrogens with one attached hydrogen (secondary N) is 1. The lowest BCUT2D eigenvalue weighted by Crippen LogP contribution is -2.45. The van der Waals surface area contributed by atoms with E-state index in [1.54, 1.807) is 35.6 Å². The van der Waals surface area contributed by atoms with E-state index in [9.17, 15) is 8.42 Å². The van der Waals surface area contributed by atoms with Crippen molar-refractivity contribution in [1.29, 1.82) is 0 Å². The van der Waals surface area contributed by atoms with Gasteiger partial charge in [0.1, 0.15) is 12.4 Å². The molecular formula is C23H33IN4O3S. The Hall–Kier alpha value is -1.85. The van der Waals surface area contributed by atoms with Gasteiger partial charge >= 0.3 is 0 Å². The molecule has 1 fully saturated rings. The van der Waals surface area contributed by atoms with Crippen molar-refractivity contribution >= 4 is 40.0 Å². The molecule has 1 aliphatic heterocycles. The predicted molar refractivity (Wildman–Crippen MR) is 139 cm³/mol. The van der Waals surface area contributed by atoms with E-state index in [1.807, 2.05) is 48.3 Å². The number of hydrogen-bond donors (Lipinski definition) is 1. The van der Waals surface area contributed by atoms with Crippen molar-refractivity contribution in [3.05, 3.63) is 60.7 Å². The van der Waals surface area contributed by atoms with E-state index in [0.717, 1.165) is 31.1 Å². The van der Waals surface area contributed by atoms with Crippen LogP contribution in [0, 0.1) is 5.92 Å². The van der Waals surface area contributed by atoms with Crippen LogP contribution in [0.2, 0.25) is 0 Å². The number of ether oxygens (including phenoxy) is 1. The summed E-state index contributed by atoms with van der Waals surface area (Å²) in [5, 5.41) is 3.43. The van der Waals surface area contributed by atoms with Crippen LogP contribution in [0.1, 0.15) is 12.8 Å². The summed E-state index contributed by atoms with van der Waals surface area (Å²) in [5.41, 5.74) is 0. The first kappa shape index (κ1) is 26.4. The minimum absolute atomic E-state index is 0. The number of rotatable bonds is 8. The first-order valence-electron chi connectivity index (χ1n) is 10.7. The smallest absolute Gasteiger partial charge is 0.243 e. The van der Waals surface area contributed by atoms with Gasteiger partial charge in [-0.1, -0.05) is 36.4 Å². The fourth-order valence-corrected chi connectivity index (χ4v) is 5.13. The molecule has 1 heterocycles. The van der Waals surface area contributed by atoms with Crippen molar-refractivity contribution in [2.45, 2.75) is 17.7 Å². The summed E-state index contributed by atoms with van der Waals surface area (Å²) in [7, 11) is 0.354. The maximum absolute atomic E-state index is 12.8. The van der Waals surface area contributed by atoms with Gasteiger partial charge in [0, 0.05) is 33.7 Å². The summed E-state index contributed by atoms with van der Waals surface area (Å²) in [6.45, 7) is 3.14. The van der Waals surface area contributed by atoms with Crippen molar-refractivity contribution < 1.29 is 13.2 Å². The zero-order valence-electron chi connectivity index (χ0n) is 18.7. The van der Waals surface area contributed by atoms with Gasteiger partial charge in [0.05, 0.1) is 11.4 Å². The van der Waals surface area contributed by atoms with Crippen LogP contribution in [0.3, 0.4) is 0 Å². The maximum Gasteiger partial charge on any atom is 0.243 e. The van der Waals surface area contributed by atoms with E-state index in [0.29, 0.717) is 37.1 Å². The van der Waals surface area contributed by atoms with E-state index < -0.39 is 10.0 Å². The van der Waals surface area contributed by atoms with Gasteiger partial charge in [0.2, 0.25) is 10.0 Å². The molecule has 3 rings (SSSR count). The number of sulfonamides is 1. The highest BCUT2D eigenvalue weighted by molar-refractivity contribution is 14.0. The highest BCUT2D eigenvalue weighted by atomic mass is 127. The van der Waals surface area contributed by atoms with Gasteiger partial charge in [-0.3, -0.25) is 4.99 Å². The zero-order chi connectivity index (χ0) is 22.1. The molecule has 0 aromatic heterocycles. The summed E-state index contributed by atoms with van der Waals surface area (Å²) in [6.07, 6.45) is 1.66. The van der Waals surface area contributed by atoms with Crippen LogP contribution >= 0.6 is 24.0 Å². The molecule has 0 spiro atoms. The number of piperidine rings is 1. The lowest BCUT2D eigenvalue weighted by atomic mass is 9.98. The third kappa shape index (κ3) is 7.35. The number of hydrogen-bond acceptors (Lipinski definition) is 4. The van der Waals surface area contributed by atoms with Crippen molar-refractivity contribution in [2.24, 2.45) is 10.9 Å². The number of aliphatic imine (C=N–C) groups is 1. The van der Waals surface area contributed by atoms with E-state index in [-0.39, 0.29) is 24.0 Å². The predicted octanol–water partition coefficient (Wildman–Crippen LogP) is 3.29. The molecule has 0 amide bonds. The molecule has 2 aromatic rings. The number of likely N-dealkylation sites (N-methyl/N-ethyl adjacent to an activating group) is 1. The minimum atomic E-state index is -3.40. The zero-order valence-corrected chi connectivity index (χ0v) is 21.8. The van der Waals surface area contributed by atoms with Gasteiger partial charge in [0.25, 0.3) is 0 Å². The van der Waals surface area contributed by atoms with Gasteiger partial charge in [-0.25, -0.2) is 8.42 Å². The third-order valence-corrected chi connectivity index (χ3v) is 7.43. The molecule has 9 heteroatoms. The largest absolute Gasteiger partial charge is 0.492 e. The fourth-order valence-electron chi connectivity index (χ4n) is 3.64. The molecule has 0 bridgehead atoms. The second kappa shape index (κ2) is 13.0. The van der Waals surface area contributed by atoms with Crippen LogP contribution in [-0.4, -0.2) is 70.5 Å². The second-order valence-corrected chi connectivity index (χ2v) is 9.61. The molecule has 1 aliphatic rings. The Balaban J connectivity index is 0.00000363. The molecule has 0 unspecified atom stereocenters. The van der Waals surface area contributed by atoms with E-state index in [1.165, 1.54) is 0 Å². The first-order chi connectivity index (χ1) is 15.0. The average Bonchev–Trinajstić information content (AvgIpc) is 2.81. The highest BCUT2D eigenvalue weighted by Crippen LogP contribution is 2.23. The van der Waals surface area contributed by atoms with Gasteiger partial charge in [-0.2, -0.15) is 4.31 Å². The average molecular weight is 573 g/mol. The van der Waals surface area contributed by atoms with Crippen molar-refractivity contribution in [3.63, 3.8) is 0 Å². The molecule has 0 atom stereocenters. The topological polar surface area (TPSA) is 74.2 Å². The molecule has 176 valence electrons. The highest BCUT2D eigenvalue weighted by Gasteiger charge is 2.29. The Morgan fingerprint density at radius 1 is 1.09 bits per heavy atom. The van der Waals surface area contributed by atoms with Crippen LogP contribution in [-0.2, 0) is 10.0 Å². The maximum atomic E-state index is 12.8. The third-order valence-electron chi connectivity index (χ3n) is 5.52. The quantitative estimate of drug-likeness (QED) is 0.299. The number of halogens is 1. The van der Waals surface area contributed by atoms with Crippen molar-refractivity contribution in [3.8, 4) is 5.75 Å². The molecule has 0 saturated carbocycles. The second-order valence-electron chi connectivity index (χ2n) is 7.67. The molecule has 0 radical (unpaired) electrons. The van der Waals surface area contributed by atoms with Crippen LogP contribution in [0.5, 0.6) is 5.75 Å². The Bertz CT molecular complexity index is 934. The Kier molecular flexibility index (Phi) is 10.7. The van der Waals surface area contributed by atoms with E-state index in [2.05, 4.69) is 10.3 Å². The van der Waals surface area contributed by atoms with E-state index >= 15 is 0 Å². The molecule has 7 nitrogen and oxygen atoms in total. The normalized spacial score (nSPS) is 15.6. The standard InChI is InChI=1S/C23H32N4O3S.HI/c1-24-23(26(2)17-18-30-21-9-5-3-6-10-21)25-19-20-13-15-27(16-14-20)31(28,29)22-11-7-4-8-12-22;/h3-12,20H,13-19H2,1-2H3,(H,24,25);1H. The molecule has 2 aromatic carbocycles. The summed E-state index contributed by atoms with van der Waals surface area (Å²) in [4.78, 5) is 6.77. The van der Waals surface area contributed by atoms with E-state index in [4.69, 9.17) is 4.74 Å². The number of para-hydroxylation sites is 1. The van der Waals surface area contributed by atoms with Crippen LogP contribution in [0.4, 0.5) is 0 Å². The minimum Gasteiger partial charge on any atom is -0.492 e. The van der Waals surface area contributed by atoms with Gasteiger partial charge < -0.3 is 15.0 Å². The fraction of sp³-hybridized carbons (Fsp3) is 0.435. The summed E-state index contributed by atoms with van der Waals surface area (Å²) in [6, 6.07) is 18.4. The van der Waals surface area contributed by atoms with Gasteiger partial charge in [0.15, 0.2) is 5.96 Å². The Labute approximate surface area is 208 Å². The van der Waals surface area contributed by atoms with Crippen LogP contribution in [0.25, 0.3) is 0 Å². The molecule has 32 heavy (non-hydrogen) atoms. The lowest BCUT2D eigenvalue weighted by molar-refractivity contribution is 0.266. The molecule has 0 aliphatic carbocycles. The summed E-state index contributed by atoms with van der Waals surface area (Å²) < 4.78 is 32.9. The Morgan fingerprint density at radius 3 is 2.28 bits per heavy atom. The Morgan fingerprint density at radius 2 is 1.69 bits per heavy atom. The molecule has 1 N–H and O–H groups in total. The van der Waals surface area contributed by atoms with Crippen molar-refractivity contribution in [1.82, 2.24) is 14.5 Å². The first-order valence-corrected chi connectivity index (χ1v) is 12.1. The van der Waals surface area contributed by atoms with Crippen LogP contribution in [0.15, 0.2) is 70.6 Å². The SMILES string of the molecule is CN=C(NCC1CCN(S(=O)(=O)c2ccccc2)CC1)N(C)CCOc1ccccc1.I. The lowest BCUT2D eigenvalue weighted by Gasteiger charge is -2.32. The van der Waals surface area contributed by atoms with Crippen molar-refractivity contribution in [2.75, 3.05) is 46.9 Å². The number of guanidine groups is 1. The number of nitrogens with zero attached hydrogens (tertiary/aromatic N) is 3. The molecular weight excluding hydrogens is 539 g/mol. The summed E-state index contributed by atoms with van der Waals surface area (Å²) >= 11 is 0. The monoisotopic (exact) mass is 572 g/mol. The number of benzene rings is 2. The van der Waals surface area contributed by atoms with Gasteiger partial charge in [-0.15, -0.1) is 24.0 Å². The summed E-state index contributed by atoms with van der Waals surface area (Å²) in [5.74, 6) is 2.08. The van der Waals surface area contributed by atoms with Crippen LogP contribution < -0.4 is 10.1 Å². The van der Waals surface area contributed by atoms with Gasteiger partial charge in [-0.05, 0) is 43.0 Å². The molecule has 1 saturated heterocycles.